The first-order chi connectivity index (χ1) is 19.5. The molecule has 1 saturated heterocycles. The zero-order valence-corrected chi connectivity index (χ0v) is 22.9. The monoisotopic (exact) mass is 556 g/mol. The number of likely N-dealkylation sites (tertiary alicyclic amines) is 1. The Balaban J connectivity index is 1.59. The SMILES string of the molecule is COc1ccc(-n2nc(-c3ccccc3)c3c2N(CC(=O)N2CCCC2)C(=O)CS[C@@H]3c2ccc(F)cc2)cc1. The minimum absolute atomic E-state index is 0.0708. The van der Waals surface area contributed by atoms with Gasteiger partial charge in [-0.3, -0.25) is 14.5 Å². The van der Waals surface area contributed by atoms with Crippen molar-refractivity contribution >= 4 is 29.4 Å². The van der Waals surface area contributed by atoms with E-state index in [4.69, 9.17) is 9.84 Å². The van der Waals surface area contributed by atoms with Crippen LogP contribution in [0, 0.1) is 5.82 Å². The highest BCUT2D eigenvalue weighted by atomic mass is 32.2. The Labute approximate surface area is 236 Å². The second-order valence-electron chi connectivity index (χ2n) is 9.87. The van der Waals surface area contributed by atoms with E-state index in [1.165, 1.54) is 23.9 Å². The molecule has 0 spiro atoms. The first kappa shape index (κ1) is 26.1. The lowest BCUT2D eigenvalue weighted by Crippen LogP contribution is -2.43. The zero-order chi connectivity index (χ0) is 27.6. The molecule has 204 valence electrons. The van der Waals surface area contributed by atoms with Crippen molar-refractivity contribution in [2.45, 2.75) is 18.1 Å². The minimum atomic E-state index is -0.325. The van der Waals surface area contributed by atoms with Crippen LogP contribution in [-0.4, -0.2) is 59.0 Å². The van der Waals surface area contributed by atoms with Crippen LogP contribution in [-0.2, 0) is 9.59 Å². The summed E-state index contributed by atoms with van der Waals surface area (Å²) in [5, 5.41) is 4.77. The van der Waals surface area contributed by atoms with Gasteiger partial charge in [-0.1, -0.05) is 42.5 Å². The van der Waals surface area contributed by atoms with E-state index in [0.29, 0.717) is 30.4 Å². The Morgan fingerprint density at radius 3 is 2.38 bits per heavy atom. The van der Waals surface area contributed by atoms with Gasteiger partial charge in [0.05, 0.1) is 29.5 Å². The van der Waals surface area contributed by atoms with Crippen molar-refractivity contribution in [2.24, 2.45) is 0 Å². The zero-order valence-electron chi connectivity index (χ0n) is 22.1. The maximum atomic E-state index is 13.9. The topological polar surface area (TPSA) is 67.7 Å². The summed E-state index contributed by atoms with van der Waals surface area (Å²) < 4.78 is 21.1. The van der Waals surface area contributed by atoms with E-state index in [1.54, 1.807) is 28.8 Å². The van der Waals surface area contributed by atoms with Gasteiger partial charge in [0.25, 0.3) is 0 Å². The summed E-state index contributed by atoms with van der Waals surface area (Å²) in [4.78, 5) is 30.6. The molecular weight excluding hydrogens is 527 g/mol. The van der Waals surface area contributed by atoms with Gasteiger partial charge in [0.2, 0.25) is 11.8 Å². The average molecular weight is 557 g/mol. The number of halogens is 1. The summed E-state index contributed by atoms with van der Waals surface area (Å²) in [6.45, 7) is 1.33. The fourth-order valence-corrected chi connectivity index (χ4v) is 6.53. The summed E-state index contributed by atoms with van der Waals surface area (Å²) >= 11 is 1.47. The highest BCUT2D eigenvalue weighted by Crippen LogP contribution is 2.48. The molecule has 9 heteroatoms. The van der Waals surface area contributed by atoms with Crippen molar-refractivity contribution in [1.29, 1.82) is 0 Å². The number of rotatable bonds is 6. The van der Waals surface area contributed by atoms with E-state index in [0.717, 1.165) is 35.2 Å². The van der Waals surface area contributed by atoms with Gasteiger partial charge in [0.1, 0.15) is 23.9 Å². The average Bonchev–Trinajstić information content (AvgIpc) is 3.64. The van der Waals surface area contributed by atoms with Crippen LogP contribution in [0.2, 0.25) is 0 Å². The van der Waals surface area contributed by atoms with E-state index in [2.05, 4.69) is 0 Å². The standard InChI is InChI=1S/C31H29FN4O3S/c1-39-25-15-13-24(14-16-25)36-31-28(29(33-36)21-7-3-2-4-8-21)30(22-9-11-23(32)12-10-22)40-20-27(38)35(31)19-26(37)34-17-5-6-18-34/h2-4,7-16,30H,5-6,17-20H2,1H3/t30-/m1/s1. The lowest BCUT2D eigenvalue weighted by Gasteiger charge is -2.25. The molecule has 3 heterocycles. The number of methoxy groups -OCH3 is 1. The maximum Gasteiger partial charge on any atom is 0.242 e. The first-order valence-electron chi connectivity index (χ1n) is 13.3. The van der Waals surface area contributed by atoms with Crippen molar-refractivity contribution < 1.29 is 18.7 Å². The molecule has 0 N–H and O–H groups in total. The van der Waals surface area contributed by atoms with Crippen LogP contribution in [0.3, 0.4) is 0 Å². The number of thioether (sulfide) groups is 1. The Kier molecular flexibility index (Phi) is 7.30. The van der Waals surface area contributed by atoms with Gasteiger partial charge < -0.3 is 9.64 Å². The van der Waals surface area contributed by atoms with Gasteiger partial charge in [0.15, 0.2) is 0 Å². The maximum absolute atomic E-state index is 13.9. The van der Waals surface area contributed by atoms with Crippen molar-refractivity contribution in [2.75, 3.05) is 37.4 Å². The molecule has 7 nitrogen and oxygen atoms in total. The highest BCUT2D eigenvalue weighted by Gasteiger charge is 2.38. The number of benzene rings is 3. The van der Waals surface area contributed by atoms with Gasteiger partial charge in [0, 0.05) is 24.2 Å². The van der Waals surface area contributed by atoms with Crippen molar-refractivity contribution in [3.05, 3.63) is 95.8 Å². The Morgan fingerprint density at radius 1 is 1.00 bits per heavy atom. The summed E-state index contributed by atoms with van der Waals surface area (Å²) in [6, 6.07) is 23.7. The number of aromatic nitrogens is 2. The molecule has 4 aromatic rings. The summed E-state index contributed by atoms with van der Waals surface area (Å²) in [6.07, 6.45) is 1.94. The van der Waals surface area contributed by atoms with E-state index in [1.807, 2.05) is 59.5 Å². The number of hydrogen-bond donors (Lipinski definition) is 0. The second-order valence-corrected chi connectivity index (χ2v) is 11.0. The van der Waals surface area contributed by atoms with Crippen LogP contribution in [0.25, 0.3) is 16.9 Å². The summed E-state index contributed by atoms with van der Waals surface area (Å²) in [5.41, 5.74) is 4.01. The molecule has 0 bridgehead atoms. The molecule has 0 saturated carbocycles. The molecule has 1 aromatic heterocycles. The second kappa shape index (κ2) is 11.2. The molecule has 1 fully saturated rings. The summed E-state index contributed by atoms with van der Waals surface area (Å²) in [5.74, 6) is 0.848. The van der Waals surface area contributed by atoms with E-state index in [9.17, 15) is 14.0 Å². The van der Waals surface area contributed by atoms with Crippen LogP contribution in [0.4, 0.5) is 10.2 Å². The number of amides is 2. The Morgan fingerprint density at radius 2 is 1.70 bits per heavy atom. The normalized spacial score (nSPS) is 17.1. The third-order valence-electron chi connectivity index (χ3n) is 7.38. The van der Waals surface area contributed by atoms with Crippen LogP contribution in [0.1, 0.15) is 29.2 Å². The third-order valence-corrected chi connectivity index (χ3v) is 8.63. The van der Waals surface area contributed by atoms with Crippen molar-refractivity contribution in [3.8, 4) is 22.7 Å². The first-order valence-corrected chi connectivity index (χ1v) is 14.4. The molecule has 0 radical (unpaired) electrons. The molecule has 2 aliphatic heterocycles. The number of hydrogen-bond acceptors (Lipinski definition) is 5. The molecular formula is C31H29FN4O3S. The fraction of sp³-hybridized carbons (Fsp3) is 0.258. The van der Waals surface area contributed by atoms with Gasteiger partial charge in [-0.2, -0.15) is 5.10 Å². The number of fused-ring (bicyclic) bond motifs is 1. The van der Waals surface area contributed by atoms with Gasteiger partial charge in [-0.25, -0.2) is 9.07 Å². The minimum Gasteiger partial charge on any atom is -0.497 e. The lowest BCUT2D eigenvalue weighted by atomic mass is 9.99. The molecule has 40 heavy (non-hydrogen) atoms. The fourth-order valence-electron chi connectivity index (χ4n) is 5.33. The Hall–Kier alpha value is -4.11. The Bertz CT molecular complexity index is 1520. The molecule has 0 unspecified atom stereocenters. The molecule has 0 aliphatic carbocycles. The van der Waals surface area contributed by atoms with Crippen LogP contribution in [0.15, 0.2) is 78.9 Å². The summed E-state index contributed by atoms with van der Waals surface area (Å²) in [7, 11) is 1.61. The number of nitrogens with zero attached hydrogens (tertiary/aromatic N) is 4. The van der Waals surface area contributed by atoms with Crippen LogP contribution in [0.5, 0.6) is 5.75 Å². The molecule has 6 rings (SSSR count). The van der Waals surface area contributed by atoms with Crippen molar-refractivity contribution in [1.82, 2.24) is 14.7 Å². The third kappa shape index (κ3) is 4.97. The van der Waals surface area contributed by atoms with Crippen molar-refractivity contribution in [3.63, 3.8) is 0 Å². The lowest BCUT2D eigenvalue weighted by molar-refractivity contribution is -0.130. The van der Waals surface area contributed by atoms with Crippen LogP contribution >= 0.6 is 11.8 Å². The quantitative estimate of drug-likeness (QED) is 0.315. The molecule has 2 aliphatic rings. The van der Waals surface area contributed by atoms with Crippen LogP contribution < -0.4 is 9.64 Å². The van der Waals surface area contributed by atoms with E-state index < -0.39 is 0 Å². The number of carbonyl (C=O) groups excluding carboxylic acids is 2. The predicted molar refractivity (Wildman–Crippen MR) is 154 cm³/mol. The number of ether oxygens (including phenoxy) is 1. The predicted octanol–water partition coefficient (Wildman–Crippen LogP) is 5.48. The smallest absolute Gasteiger partial charge is 0.242 e. The van der Waals surface area contributed by atoms with E-state index >= 15 is 0 Å². The largest absolute Gasteiger partial charge is 0.497 e. The van der Waals surface area contributed by atoms with Gasteiger partial charge in [-0.15, -0.1) is 11.8 Å². The molecule has 1 atom stereocenters. The molecule has 2 amide bonds. The number of carbonyl (C=O) groups is 2. The highest BCUT2D eigenvalue weighted by molar-refractivity contribution is 8.00. The van der Waals surface area contributed by atoms with Gasteiger partial charge >= 0.3 is 0 Å². The molecule has 3 aromatic carbocycles. The number of anilines is 1. The van der Waals surface area contributed by atoms with Gasteiger partial charge in [-0.05, 0) is 54.8 Å². The van der Waals surface area contributed by atoms with E-state index in [-0.39, 0.29) is 35.2 Å².